The number of pyridine rings is 1. The minimum atomic E-state index is -1.19. The maximum Gasteiger partial charge on any atom is 0.185 e. The summed E-state index contributed by atoms with van der Waals surface area (Å²) >= 11 is 0. The van der Waals surface area contributed by atoms with Crippen LogP contribution in [0.1, 0.15) is 31.0 Å². The maximum atomic E-state index is 14.1. The fraction of sp³-hybridized carbons (Fsp3) is 0.400. The van der Waals surface area contributed by atoms with Crippen LogP contribution in [-0.4, -0.2) is 11.5 Å². The Kier molecular flexibility index (Phi) is 3.28. The number of benzene rings is 1. The van der Waals surface area contributed by atoms with E-state index >= 15 is 0 Å². The van der Waals surface area contributed by atoms with E-state index < -0.39 is 17.5 Å². The molecule has 0 saturated carbocycles. The van der Waals surface area contributed by atoms with Crippen LogP contribution >= 0.6 is 0 Å². The van der Waals surface area contributed by atoms with E-state index in [0.29, 0.717) is 18.3 Å². The lowest BCUT2D eigenvalue weighted by Gasteiger charge is -2.21. The van der Waals surface area contributed by atoms with E-state index in [-0.39, 0.29) is 10.9 Å². The lowest BCUT2D eigenvalue weighted by Crippen LogP contribution is -2.12. The third kappa shape index (κ3) is 1.92. The van der Waals surface area contributed by atoms with E-state index in [1.165, 1.54) is 0 Å². The van der Waals surface area contributed by atoms with Crippen LogP contribution in [0.3, 0.4) is 0 Å². The van der Waals surface area contributed by atoms with Crippen molar-refractivity contribution in [3.05, 3.63) is 34.8 Å². The number of aromatic nitrogens is 1. The second-order valence-corrected chi connectivity index (χ2v) is 5.03. The summed E-state index contributed by atoms with van der Waals surface area (Å²) in [5.41, 5.74) is 2.06. The van der Waals surface area contributed by atoms with Gasteiger partial charge in [-0.2, -0.15) is 0 Å². The fourth-order valence-corrected chi connectivity index (χ4v) is 2.87. The molecule has 20 heavy (non-hydrogen) atoms. The molecule has 0 radical (unpaired) electrons. The van der Waals surface area contributed by atoms with Gasteiger partial charge in [-0.25, -0.2) is 18.2 Å². The van der Waals surface area contributed by atoms with Crippen LogP contribution in [0.2, 0.25) is 0 Å². The molecule has 0 fully saturated rings. The van der Waals surface area contributed by atoms with Crippen LogP contribution in [0.5, 0.6) is 0 Å². The second kappa shape index (κ2) is 4.96. The van der Waals surface area contributed by atoms with E-state index in [1.807, 2.05) is 6.92 Å². The molecule has 1 aliphatic rings. The second-order valence-electron chi connectivity index (χ2n) is 5.03. The van der Waals surface area contributed by atoms with Crippen molar-refractivity contribution in [2.45, 2.75) is 32.6 Å². The van der Waals surface area contributed by atoms with Gasteiger partial charge in [0.25, 0.3) is 0 Å². The first kappa shape index (κ1) is 13.2. The summed E-state index contributed by atoms with van der Waals surface area (Å²) in [4.78, 5) is 4.18. The quantitative estimate of drug-likeness (QED) is 0.842. The van der Waals surface area contributed by atoms with Gasteiger partial charge in [-0.1, -0.05) is 0 Å². The van der Waals surface area contributed by atoms with Crippen molar-refractivity contribution >= 4 is 16.6 Å². The Balaban J connectivity index is 2.41. The van der Waals surface area contributed by atoms with E-state index in [0.717, 1.165) is 36.9 Å². The topological polar surface area (TPSA) is 24.9 Å². The van der Waals surface area contributed by atoms with E-state index in [9.17, 15) is 13.2 Å². The van der Waals surface area contributed by atoms with Crippen LogP contribution in [0.25, 0.3) is 10.9 Å². The number of fused-ring (bicyclic) bond motifs is 2. The smallest absolute Gasteiger partial charge is 0.185 e. The largest absolute Gasteiger partial charge is 0.384 e. The summed E-state index contributed by atoms with van der Waals surface area (Å²) in [6.07, 6.45) is 3.49. The number of nitrogens with zero attached hydrogens (tertiary/aromatic N) is 1. The molecule has 1 aromatic carbocycles. The van der Waals surface area contributed by atoms with Crippen molar-refractivity contribution in [1.29, 1.82) is 0 Å². The van der Waals surface area contributed by atoms with Crippen LogP contribution in [-0.2, 0) is 12.8 Å². The average Bonchev–Trinajstić information content (AvgIpc) is 2.44. The molecule has 0 bridgehead atoms. The summed E-state index contributed by atoms with van der Waals surface area (Å²) in [5, 5.41) is 3.16. The molecule has 0 spiro atoms. The van der Waals surface area contributed by atoms with Crippen molar-refractivity contribution in [2.24, 2.45) is 0 Å². The zero-order valence-electron chi connectivity index (χ0n) is 11.2. The van der Waals surface area contributed by atoms with Gasteiger partial charge >= 0.3 is 0 Å². The third-order valence-corrected chi connectivity index (χ3v) is 3.74. The van der Waals surface area contributed by atoms with Crippen molar-refractivity contribution in [3.63, 3.8) is 0 Å². The van der Waals surface area contributed by atoms with Crippen LogP contribution in [0.15, 0.2) is 6.07 Å². The van der Waals surface area contributed by atoms with Gasteiger partial charge in [-0.05, 0) is 38.2 Å². The Morgan fingerprint density at radius 1 is 1.15 bits per heavy atom. The molecule has 1 heterocycles. The monoisotopic (exact) mass is 280 g/mol. The van der Waals surface area contributed by atoms with E-state index in [2.05, 4.69) is 10.3 Å². The summed E-state index contributed by atoms with van der Waals surface area (Å²) in [6.45, 7) is 2.48. The van der Waals surface area contributed by atoms with E-state index in [4.69, 9.17) is 0 Å². The van der Waals surface area contributed by atoms with Crippen LogP contribution in [0, 0.1) is 17.5 Å². The Hall–Kier alpha value is -1.78. The van der Waals surface area contributed by atoms with Gasteiger partial charge in [0.1, 0.15) is 11.3 Å². The summed E-state index contributed by atoms with van der Waals surface area (Å²) in [7, 11) is 0. The molecule has 3 rings (SSSR count). The Labute approximate surface area is 115 Å². The third-order valence-electron chi connectivity index (χ3n) is 3.74. The van der Waals surface area contributed by atoms with Gasteiger partial charge in [-0.15, -0.1) is 0 Å². The number of hydrogen-bond acceptors (Lipinski definition) is 2. The zero-order valence-corrected chi connectivity index (χ0v) is 11.2. The lowest BCUT2D eigenvalue weighted by atomic mass is 9.92. The summed E-state index contributed by atoms with van der Waals surface area (Å²) in [5.74, 6) is -3.04. The minimum Gasteiger partial charge on any atom is -0.384 e. The van der Waals surface area contributed by atoms with Crippen LogP contribution < -0.4 is 5.32 Å². The molecule has 1 aromatic heterocycles. The first-order chi connectivity index (χ1) is 9.63. The number of rotatable bonds is 2. The molecule has 106 valence electrons. The standard InChI is InChI=1S/C15H15F3N2/c1-2-19-14-8-5-3-4-6-11(8)20-15-12(14)9(16)7-10(17)13(15)18/h7H,2-6H2,1H3,(H,19,20). The van der Waals surface area contributed by atoms with Crippen molar-refractivity contribution in [3.8, 4) is 0 Å². The molecule has 1 N–H and O–H groups in total. The SMILES string of the molecule is CCNc1c2c(nc3c(F)c(F)cc(F)c13)CCCC2. The minimum absolute atomic E-state index is 0.0615. The van der Waals surface area contributed by atoms with Gasteiger partial charge in [0, 0.05) is 18.3 Å². The molecular formula is C15H15F3N2. The molecule has 2 aromatic rings. The summed E-state index contributed by atoms with van der Waals surface area (Å²) < 4.78 is 41.4. The predicted octanol–water partition coefficient (Wildman–Crippen LogP) is 3.96. The van der Waals surface area contributed by atoms with Gasteiger partial charge < -0.3 is 5.32 Å². The number of anilines is 1. The van der Waals surface area contributed by atoms with Crippen molar-refractivity contribution in [2.75, 3.05) is 11.9 Å². The predicted molar refractivity (Wildman–Crippen MR) is 72.4 cm³/mol. The van der Waals surface area contributed by atoms with Gasteiger partial charge in [0.2, 0.25) is 0 Å². The Bertz CT molecular complexity index is 683. The molecule has 0 amide bonds. The van der Waals surface area contributed by atoms with Crippen molar-refractivity contribution < 1.29 is 13.2 Å². The van der Waals surface area contributed by atoms with Crippen LogP contribution in [0.4, 0.5) is 18.9 Å². The molecule has 5 heteroatoms. The van der Waals surface area contributed by atoms with Gasteiger partial charge in [0.05, 0.1) is 11.1 Å². The number of nitrogens with one attached hydrogen (secondary N) is 1. The van der Waals surface area contributed by atoms with Crippen molar-refractivity contribution in [1.82, 2.24) is 4.98 Å². The highest BCUT2D eigenvalue weighted by Crippen LogP contribution is 2.36. The molecule has 1 aliphatic carbocycles. The highest BCUT2D eigenvalue weighted by atomic mass is 19.2. The fourth-order valence-electron chi connectivity index (χ4n) is 2.87. The Morgan fingerprint density at radius 2 is 1.90 bits per heavy atom. The molecule has 0 unspecified atom stereocenters. The number of halogens is 3. The highest BCUT2D eigenvalue weighted by molar-refractivity contribution is 5.94. The molecule has 2 nitrogen and oxygen atoms in total. The highest BCUT2D eigenvalue weighted by Gasteiger charge is 2.23. The molecular weight excluding hydrogens is 265 g/mol. The normalized spacial score (nSPS) is 14.4. The molecule has 0 saturated heterocycles. The lowest BCUT2D eigenvalue weighted by molar-refractivity contribution is 0.503. The van der Waals surface area contributed by atoms with E-state index in [1.54, 1.807) is 0 Å². The summed E-state index contributed by atoms with van der Waals surface area (Å²) in [6, 6.07) is 0.593. The average molecular weight is 280 g/mol. The first-order valence-electron chi connectivity index (χ1n) is 6.86. The number of hydrogen-bond donors (Lipinski definition) is 1. The maximum absolute atomic E-state index is 14.1. The first-order valence-corrected chi connectivity index (χ1v) is 6.86. The van der Waals surface area contributed by atoms with Gasteiger partial charge in [0.15, 0.2) is 11.6 Å². The molecule has 0 aliphatic heterocycles. The molecule has 0 atom stereocenters. The zero-order chi connectivity index (χ0) is 14.3. The van der Waals surface area contributed by atoms with Gasteiger partial charge in [-0.3, -0.25) is 0 Å². The Morgan fingerprint density at radius 3 is 2.65 bits per heavy atom. The number of aryl methyl sites for hydroxylation is 1.